The van der Waals surface area contributed by atoms with E-state index < -0.39 is 34.3 Å². The molecule has 0 bridgehead atoms. The van der Waals surface area contributed by atoms with E-state index in [1.165, 1.54) is 42.3 Å². The first kappa shape index (κ1) is 27.9. The van der Waals surface area contributed by atoms with Crippen molar-refractivity contribution in [1.82, 2.24) is 10.2 Å². The summed E-state index contributed by atoms with van der Waals surface area (Å²) in [6.45, 7) is 1.85. The van der Waals surface area contributed by atoms with Gasteiger partial charge in [0.05, 0.1) is 10.6 Å². The number of hydrogen-bond acceptors (Lipinski definition) is 6. The molecule has 11 heteroatoms. The van der Waals surface area contributed by atoms with Crippen LogP contribution in [0.5, 0.6) is 11.5 Å². The maximum Gasteiger partial charge on any atom is 0.264 e. The number of ether oxygens (including phenoxy) is 2. The van der Waals surface area contributed by atoms with Crippen molar-refractivity contribution in [3.05, 3.63) is 84.2 Å². The van der Waals surface area contributed by atoms with Crippen LogP contribution in [0.1, 0.15) is 18.9 Å². The topological polar surface area (TPSA) is 105 Å². The van der Waals surface area contributed by atoms with Crippen molar-refractivity contribution in [2.75, 3.05) is 31.1 Å². The second kappa shape index (κ2) is 12.2. The van der Waals surface area contributed by atoms with Crippen molar-refractivity contribution in [3.63, 3.8) is 0 Å². The summed E-state index contributed by atoms with van der Waals surface area (Å²) in [4.78, 5) is 27.8. The van der Waals surface area contributed by atoms with Gasteiger partial charge >= 0.3 is 0 Å². The van der Waals surface area contributed by atoms with Gasteiger partial charge in [0.25, 0.3) is 10.0 Å². The number of likely N-dealkylation sites (N-methyl/N-ethyl adjacent to an activating group) is 1. The predicted molar refractivity (Wildman–Crippen MR) is 144 cm³/mol. The number of benzene rings is 3. The Morgan fingerprint density at radius 3 is 2.28 bits per heavy atom. The van der Waals surface area contributed by atoms with Gasteiger partial charge in [0.1, 0.15) is 31.6 Å². The first-order valence-corrected chi connectivity index (χ1v) is 13.9. The number of nitrogens with one attached hydrogen (secondary N) is 1. The van der Waals surface area contributed by atoms with Crippen LogP contribution in [-0.2, 0) is 26.2 Å². The van der Waals surface area contributed by atoms with Crippen molar-refractivity contribution in [3.8, 4) is 11.5 Å². The molecule has 4 rings (SSSR count). The number of amides is 2. The highest BCUT2D eigenvalue weighted by molar-refractivity contribution is 7.92. The van der Waals surface area contributed by atoms with Gasteiger partial charge in [-0.2, -0.15) is 0 Å². The SMILES string of the molecule is CCC(C(=O)NC)N(Cc1ccccc1)C(=O)CN(c1ccc(F)cc1)S(=O)(=O)c1ccc2c(c1)OCCO2. The molecule has 0 saturated heterocycles. The zero-order chi connectivity index (χ0) is 28.0. The van der Waals surface area contributed by atoms with E-state index in [1.54, 1.807) is 6.92 Å². The molecule has 1 aliphatic rings. The fourth-order valence-corrected chi connectivity index (χ4v) is 5.74. The highest BCUT2D eigenvalue weighted by Gasteiger charge is 2.34. The number of rotatable bonds is 10. The van der Waals surface area contributed by atoms with Crippen LogP contribution in [0.3, 0.4) is 0 Å². The molecule has 0 aliphatic carbocycles. The smallest absolute Gasteiger partial charge is 0.264 e. The monoisotopic (exact) mass is 555 g/mol. The minimum atomic E-state index is -4.33. The van der Waals surface area contributed by atoms with E-state index >= 15 is 0 Å². The van der Waals surface area contributed by atoms with Crippen molar-refractivity contribution in [2.45, 2.75) is 30.8 Å². The number of nitrogens with zero attached hydrogens (tertiary/aromatic N) is 2. The van der Waals surface area contributed by atoms with E-state index in [1.807, 2.05) is 30.3 Å². The highest BCUT2D eigenvalue weighted by Crippen LogP contribution is 2.34. The number of anilines is 1. The first-order valence-electron chi connectivity index (χ1n) is 12.5. The molecule has 0 radical (unpaired) electrons. The van der Waals surface area contributed by atoms with Crippen LogP contribution in [0.25, 0.3) is 0 Å². The predicted octanol–water partition coefficient (Wildman–Crippen LogP) is 3.35. The van der Waals surface area contributed by atoms with Gasteiger partial charge in [-0.25, -0.2) is 12.8 Å². The molecule has 1 heterocycles. The molecule has 1 aliphatic heterocycles. The Labute approximate surface area is 227 Å². The molecule has 0 aromatic heterocycles. The van der Waals surface area contributed by atoms with E-state index in [-0.39, 0.29) is 35.4 Å². The lowest BCUT2D eigenvalue weighted by Gasteiger charge is -2.33. The van der Waals surface area contributed by atoms with E-state index in [9.17, 15) is 22.4 Å². The first-order chi connectivity index (χ1) is 18.7. The molecule has 3 aromatic carbocycles. The van der Waals surface area contributed by atoms with Crippen molar-refractivity contribution < 1.29 is 31.9 Å². The number of carbonyl (C=O) groups excluding carboxylic acids is 2. The maximum atomic E-state index is 13.9. The zero-order valence-electron chi connectivity index (χ0n) is 21.7. The summed E-state index contributed by atoms with van der Waals surface area (Å²) in [5.74, 6) is -0.846. The summed E-state index contributed by atoms with van der Waals surface area (Å²) in [7, 11) is -2.85. The minimum Gasteiger partial charge on any atom is -0.486 e. The van der Waals surface area contributed by atoms with Gasteiger partial charge in [-0.15, -0.1) is 0 Å². The van der Waals surface area contributed by atoms with Gasteiger partial charge in [-0.05, 0) is 48.4 Å². The number of carbonyl (C=O) groups is 2. The Balaban J connectivity index is 1.74. The molecule has 2 amide bonds. The molecule has 0 spiro atoms. The highest BCUT2D eigenvalue weighted by atomic mass is 32.2. The fourth-order valence-electron chi connectivity index (χ4n) is 4.31. The summed E-state index contributed by atoms with van der Waals surface area (Å²) < 4.78 is 53.6. The minimum absolute atomic E-state index is 0.0901. The molecule has 1 unspecified atom stereocenters. The Bertz CT molecular complexity index is 1420. The number of halogens is 1. The van der Waals surface area contributed by atoms with Gasteiger partial charge in [0.2, 0.25) is 11.8 Å². The molecule has 1 N–H and O–H groups in total. The van der Waals surface area contributed by atoms with Gasteiger partial charge < -0.3 is 19.7 Å². The number of fused-ring (bicyclic) bond motifs is 1. The summed E-state index contributed by atoms with van der Waals surface area (Å²) in [6, 6.07) is 17.3. The molecular weight excluding hydrogens is 525 g/mol. The fraction of sp³-hybridized carbons (Fsp3) is 0.286. The molecule has 0 saturated carbocycles. The molecular formula is C28H30FN3O6S. The van der Waals surface area contributed by atoms with E-state index in [2.05, 4.69) is 5.32 Å². The third-order valence-electron chi connectivity index (χ3n) is 6.32. The molecule has 3 aromatic rings. The molecule has 0 fully saturated rings. The molecule has 9 nitrogen and oxygen atoms in total. The summed E-state index contributed by atoms with van der Waals surface area (Å²) in [6.07, 6.45) is 0.309. The zero-order valence-corrected chi connectivity index (χ0v) is 22.5. The largest absolute Gasteiger partial charge is 0.486 e. The average molecular weight is 556 g/mol. The quantitative estimate of drug-likeness (QED) is 0.412. The standard InChI is InChI=1S/C28H30FN3O6S/c1-3-24(28(34)30-2)31(18-20-7-5-4-6-8-20)27(33)19-32(22-11-9-21(29)10-12-22)39(35,36)23-13-14-25-26(17-23)38-16-15-37-25/h4-14,17,24H,3,15-16,18-19H2,1-2H3,(H,30,34). The normalized spacial score (nSPS) is 13.3. The van der Waals surface area contributed by atoms with Crippen molar-refractivity contribution in [1.29, 1.82) is 0 Å². The van der Waals surface area contributed by atoms with Crippen LogP contribution in [0, 0.1) is 5.82 Å². The number of hydrogen-bond donors (Lipinski definition) is 1. The maximum absolute atomic E-state index is 13.9. The summed E-state index contributed by atoms with van der Waals surface area (Å²) >= 11 is 0. The van der Waals surface area contributed by atoms with E-state index in [0.29, 0.717) is 18.8 Å². The van der Waals surface area contributed by atoms with Gasteiger partial charge in [0, 0.05) is 19.7 Å². The number of sulfonamides is 1. The van der Waals surface area contributed by atoms with E-state index in [4.69, 9.17) is 9.47 Å². The van der Waals surface area contributed by atoms with E-state index in [0.717, 1.165) is 22.0 Å². The lowest BCUT2D eigenvalue weighted by atomic mass is 10.1. The summed E-state index contributed by atoms with van der Waals surface area (Å²) in [5, 5.41) is 2.58. The Hall–Kier alpha value is -4.12. The van der Waals surface area contributed by atoms with Crippen LogP contribution in [-0.4, -0.2) is 58.0 Å². The van der Waals surface area contributed by atoms with Gasteiger partial charge in [0.15, 0.2) is 11.5 Å². The molecule has 39 heavy (non-hydrogen) atoms. The molecule has 206 valence electrons. The third-order valence-corrected chi connectivity index (χ3v) is 8.09. The average Bonchev–Trinajstić information content (AvgIpc) is 2.96. The van der Waals surface area contributed by atoms with Crippen LogP contribution in [0.15, 0.2) is 77.7 Å². The summed E-state index contributed by atoms with van der Waals surface area (Å²) in [5.41, 5.74) is 0.864. The Morgan fingerprint density at radius 1 is 0.974 bits per heavy atom. The van der Waals surface area contributed by atoms with Crippen LogP contribution in [0.4, 0.5) is 10.1 Å². The lowest BCUT2D eigenvalue weighted by Crippen LogP contribution is -2.51. The van der Waals surface area contributed by atoms with Crippen LogP contribution >= 0.6 is 0 Å². The second-order valence-corrected chi connectivity index (χ2v) is 10.7. The second-order valence-electron chi connectivity index (χ2n) is 8.84. The molecule has 1 atom stereocenters. The Kier molecular flexibility index (Phi) is 8.70. The lowest BCUT2D eigenvalue weighted by molar-refractivity contribution is -0.140. The van der Waals surface area contributed by atoms with Gasteiger partial charge in [-0.1, -0.05) is 37.3 Å². The van der Waals surface area contributed by atoms with Crippen LogP contribution < -0.4 is 19.1 Å². The Morgan fingerprint density at radius 2 is 1.64 bits per heavy atom. The van der Waals surface area contributed by atoms with Crippen molar-refractivity contribution in [2.24, 2.45) is 0 Å². The van der Waals surface area contributed by atoms with Crippen LogP contribution in [0.2, 0.25) is 0 Å². The van der Waals surface area contributed by atoms with Gasteiger partial charge in [-0.3, -0.25) is 13.9 Å². The van der Waals surface area contributed by atoms with Crippen molar-refractivity contribution >= 4 is 27.5 Å². The third kappa shape index (κ3) is 6.31.